The topological polar surface area (TPSA) is 57.4 Å². The van der Waals surface area contributed by atoms with Gasteiger partial charge in [0.2, 0.25) is 11.8 Å². The van der Waals surface area contributed by atoms with Crippen molar-refractivity contribution in [2.75, 3.05) is 13.2 Å². The summed E-state index contributed by atoms with van der Waals surface area (Å²) in [5.41, 5.74) is 3.98. The molecule has 0 saturated heterocycles. The van der Waals surface area contributed by atoms with Crippen molar-refractivity contribution in [3.8, 4) is 34.4 Å². The number of ether oxygens (including phenoxy) is 2. The molecule has 3 aromatic rings. The Labute approximate surface area is 224 Å². The number of aromatic nitrogens is 2. The van der Waals surface area contributed by atoms with Crippen molar-refractivity contribution in [1.29, 1.82) is 0 Å². The van der Waals surface area contributed by atoms with Crippen molar-refractivity contribution in [3.05, 3.63) is 47.5 Å². The van der Waals surface area contributed by atoms with E-state index in [1.54, 1.807) is 0 Å². The standard InChI is InChI=1S/C32H46N2O3/c1-6-9-11-12-13-14-20-35-30-22-24(4)29(21-25(30)5)32-34-33-31(37-32)27-16-18-28(19-17-27)36-23-26(8-3)15-10-7-2/h16-19,21-22,26H,6-15,20,23H2,1-5H3/t26-/m0/s1. The molecule has 0 bridgehead atoms. The zero-order valence-corrected chi connectivity index (χ0v) is 23.6. The van der Waals surface area contributed by atoms with E-state index in [9.17, 15) is 0 Å². The van der Waals surface area contributed by atoms with Gasteiger partial charge in [-0.3, -0.25) is 0 Å². The molecule has 1 atom stereocenters. The number of nitrogens with zero attached hydrogens (tertiary/aromatic N) is 2. The zero-order valence-electron chi connectivity index (χ0n) is 23.6. The van der Waals surface area contributed by atoms with Crippen molar-refractivity contribution < 1.29 is 13.9 Å². The van der Waals surface area contributed by atoms with Gasteiger partial charge in [0.05, 0.1) is 13.2 Å². The van der Waals surface area contributed by atoms with Crippen LogP contribution in [0.3, 0.4) is 0 Å². The summed E-state index contributed by atoms with van der Waals surface area (Å²) in [6, 6.07) is 12.1. The van der Waals surface area contributed by atoms with E-state index in [0.717, 1.165) is 59.8 Å². The van der Waals surface area contributed by atoms with Gasteiger partial charge in [-0.15, -0.1) is 10.2 Å². The van der Waals surface area contributed by atoms with Gasteiger partial charge >= 0.3 is 0 Å². The lowest BCUT2D eigenvalue weighted by atomic mass is 10.0. The van der Waals surface area contributed by atoms with Crippen LogP contribution < -0.4 is 9.47 Å². The molecule has 0 amide bonds. The van der Waals surface area contributed by atoms with E-state index < -0.39 is 0 Å². The summed E-state index contributed by atoms with van der Waals surface area (Å²) < 4.78 is 18.2. The van der Waals surface area contributed by atoms with Crippen molar-refractivity contribution in [1.82, 2.24) is 10.2 Å². The Kier molecular flexibility index (Phi) is 12.0. The largest absolute Gasteiger partial charge is 0.493 e. The molecule has 0 radical (unpaired) electrons. The van der Waals surface area contributed by atoms with Crippen molar-refractivity contribution in [2.24, 2.45) is 5.92 Å². The number of hydrogen-bond donors (Lipinski definition) is 0. The lowest BCUT2D eigenvalue weighted by Gasteiger charge is -2.15. The Hall–Kier alpha value is -2.82. The number of benzene rings is 2. The van der Waals surface area contributed by atoms with E-state index in [-0.39, 0.29) is 0 Å². The molecular weight excluding hydrogens is 460 g/mol. The first-order valence-electron chi connectivity index (χ1n) is 14.4. The third-order valence-electron chi connectivity index (χ3n) is 7.06. The molecule has 0 aliphatic rings. The van der Waals surface area contributed by atoms with Crippen LogP contribution in [-0.2, 0) is 0 Å². The molecule has 1 heterocycles. The third-order valence-corrected chi connectivity index (χ3v) is 7.06. The maximum Gasteiger partial charge on any atom is 0.248 e. The Morgan fingerprint density at radius 3 is 2.19 bits per heavy atom. The van der Waals surface area contributed by atoms with Gasteiger partial charge in [-0.05, 0) is 80.1 Å². The Morgan fingerprint density at radius 1 is 0.757 bits per heavy atom. The minimum Gasteiger partial charge on any atom is -0.493 e. The minimum absolute atomic E-state index is 0.511. The molecule has 0 saturated carbocycles. The van der Waals surface area contributed by atoms with Gasteiger partial charge in [0.1, 0.15) is 11.5 Å². The number of hydrogen-bond acceptors (Lipinski definition) is 5. The molecular formula is C32H46N2O3. The number of aryl methyl sites for hydroxylation is 2. The molecule has 1 aromatic heterocycles. The highest BCUT2D eigenvalue weighted by Gasteiger charge is 2.15. The molecule has 0 fully saturated rings. The highest BCUT2D eigenvalue weighted by atomic mass is 16.5. The van der Waals surface area contributed by atoms with Crippen LogP contribution in [-0.4, -0.2) is 23.4 Å². The first-order valence-corrected chi connectivity index (χ1v) is 14.4. The van der Waals surface area contributed by atoms with E-state index in [2.05, 4.69) is 56.9 Å². The zero-order chi connectivity index (χ0) is 26.5. The molecule has 5 heteroatoms. The van der Waals surface area contributed by atoms with Crippen LogP contribution in [0.1, 0.15) is 96.1 Å². The summed E-state index contributed by atoms with van der Waals surface area (Å²) in [6.07, 6.45) is 12.4. The molecule has 0 aliphatic heterocycles. The number of unbranched alkanes of at least 4 members (excludes halogenated alkanes) is 6. The second-order valence-electron chi connectivity index (χ2n) is 10.2. The van der Waals surface area contributed by atoms with Crippen molar-refractivity contribution >= 4 is 0 Å². The third kappa shape index (κ3) is 8.91. The average molecular weight is 507 g/mol. The van der Waals surface area contributed by atoms with Crippen LogP contribution in [0.4, 0.5) is 0 Å². The average Bonchev–Trinajstić information content (AvgIpc) is 3.40. The van der Waals surface area contributed by atoms with Gasteiger partial charge in [-0.25, -0.2) is 0 Å². The summed E-state index contributed by atoms with van der Waals surface area (Å²) in [7, 11) is 0. The van der Waals surface area contributed by atoms with Gasteiger partial charge in [-0.1, -0.05) is 72.1 Å². The summed E-state index contributed by atoms with van der Waals surface area (Å²) in [5.74, 6) is 3.46. The molecule has 2 aromatic carbocycles. The fourth-order valence-electron chi connectivity index (χ4n) is 4.49. The van der Waals surface area contributed by atoms with Gasteiger partial charge in [-0.2, -0.15) is 0 Å². The molecule has 0 unspecified atom stereocenters. The molecule has 0 spiro atoms. The summed E-state index contributed by atoms with van der Waals surface area (Å²) in [6.45, 7) is 12.4. The van der Waals surface area contributed by atoms with Gasteiger partial charge in [0.15, 0.2) is 0 Å². The normalized spacial score (nSPS) is 12.0. The first kappa shape index (κ1) is 28.7. The van der Waals surface area contributed by atoms with Gasteiger partial charge in [0.25, 0.3) is 0 Å². The van der Waals surface area contributed by atoms with Crippen LogP contribution in [0.25, 0.3) is 22.9 Å². The Morgan fingerprint density at radius 2 is 1.46 bits per heavy atom. The predicted octanol–water partition coefficient (Wildman–Crippen LogP) is 9.35. The second kappa shape index (κ2) is 15.4. The summed E-state index contributed by atoms with van der Waals surface area (Å²) in [4.78, 5) is 0. The van der Waals surface area contributed by atoms with E-state index in [1.807, 2.05) is 24.3 Å². The summed E-state index contributed by atoms with van der Waals surface area (Å²) >= 11 is 0. The molecule has 5 nitrogen and oxygen atoms in total. The fraction of sp³-hybridized carbons (Fsp3) is 0.562. The second-order valence-corrected chi connectivity index (χ2v) is 10.2. The summed E-state index contributed by atoms with van der Waals surface area (Å²) in [5, 5.41) is 8.65. The first-order chi connectivity index (χ1) is 18.0. The molecule has 37 heavy (non-hydrogen) atoms. The molecule has 202 valence electrons. The molecule has 3 rings (SSSR count). The van der Waals surface area contributed by atoms with Crippen LogP contribution in [0.15, 0.2) is 40.8 Å². The van der Waals surface area contributed by atoms with Crippen molar-refractivity contribution in [3.63, 3.8) is 0 Å². The SMILES string of the molecule is CCCCCCCCOc1cc(C)c(-c2nnc(-c3ccc(OC[C@@H](CC)CCCC)cc3)o2)cc1C. The lowest BCUT2D eigenvalue weighted by molar-refractivity contribution is 0.233. The quantitative estimate of drug-likeness (QED) is 0.171. The number of rotatable bonds is 17. The van der Waals surface area contributed by atoms with Crippen LogP contribution in [0.5, 0.6) is 11.5 Å². The Balaban J connectivity index is 1.57. The van der Waals surface area contributed by atoms with E-state index in [4.69, 9.17) is 13.9 Å². The smallest absolute Gasteiger partial charge is 0.248 e. The van der Waals surface area contributed by atoms with Crippen LogP contribution in [0.2, 0.25) is 0 Å². The van der Waals surface area contributed by atoms with Gasteiger partial charge < -0.3 is 13.9 Å². The highest BCUT2D eigenvalue weighted by Crippen LogP contribution is 2.32. The predicted molar refractivity (Wildman–Crippen MR) is 152 cm³/mol. The fourth-order valence-corrected chi connectivity index (χ4v) is 4.49. The molecule has 0 aliphatic carbocycles. The monoisotopic (exact) mass is 506 g/mol. The Bertz CT molecular complexity index is 1060. The van der Waals surface area contributed by atoms with E-state index >= 15 is 0 Å². The minimum atomic E-state index is 0.511. The van der Waals surface area contributed by atoms with Gasteiger partial charge in [0, 0.05) is 11.1 Å². The highest BCUT2D eigenvalue weighted by molar-refractivity contribution is 5.64. The van der Waals surface area contributed by atoms with Crippen LogP contribution in [0, 0.1) is 19.8 Å². The van der Waals surface area contributed by atoms with Crippen LogP contribution >= 0.6 is 0 Å². The van der Waals surface area contributed by atoms with E-state index in [0.29, 0.717) is 17.7 Å². The van der Waals surface area contributed by atoms with Crippen molar-refractivity contribution in [2.45, 2.75) is 98.8 Å². The molecule has 0 N–H and O–H groups in total. The van der Waals surface area contributed by atoms with E-state index in [1.165, 1.54) is 51.4 Å². The lowest BCUT2D eigenvalue weighted by Crippen LogP contribution is -2.11. The maximum absolute atomic E-state index is 6.08. The maximum atomic E-state index is 6.08.